The second kappa shape index (κ2) is 8.60. The number of carbonyl (C=O) groups excluding carboxylic acids is 3. The van der Waals surface area contributed by atoms with Crippen LogP contribution >= 0.6 is 0 Å². The number of rotatable bonds is 5. The molecule has 2 rings (SSSR count). The minimum Gasteiger partial charge on any atom is -0.460 e. The Morgan fingerprint density at radius 1 is 1.24 bits per heavy atom. The predicted molar refractivity (Wildman–Crippen MR) is 87.2 cm³/mol. The van der Waals surface area contributed by atoms with Gasteiger partial charge in [-0.05, 0) is 51.0 Å². The maximum atomic E-state index is 13.0. The van der Waals surface area contributed by atoms with Crippen molar-refractivity contribution in [2.24, 2.45) is 5.92 Å². The fourth-order valence-corrected chi connectivity index (χ4v) is 2.67. The third-order valence-corrected chi connectivity index (χ3v) is 3.83. The Bertz CT molecular complexity index is 629. The summed E-state index contributed by atoms with van der Waals surface area (Å²) in [6.45, 7) is 3.72. The summed E-state index contributed by atoms with van der Waals surface area (Å²) in [5, 5.41) is 0. The van der Waals surface area contributed by atoms with Crippen molar-refractivity contribution in [3.05, 3.63) is 35.6 Å². The average molecular weight is 351 g/mol. The molecule has 1 amide bonds. The first-order valence-electron chi connectivity index (χ1n) is 8.27. The van der Waals surface area contributed by atoms with E-state index in [-0.39, 0.29) is 18.6 Å². The van der Waals surface area contributed by atoms with Gasteiger partial charge in [0.1, 0.15) is 5.82 Å². The zero-order valence-corrected chi connectivity index (χ0v) is 14.4. The van der Waals surface area contributed by atoms with Crippen molar-refractivity contribution in [1.82, 2.24) is 4.90 Å². The van der Waals surface area contributed by atoms with E-state index in [0.29, 0.717) is 24.9 Å². The third-order valence-electron chi connectivity index (χ3n) is 3.83. The Morgan fingerprint density at radius 3 is 2.56 bits per heavy atom. The lowest BCUT2D eigenvalue weighted by molar-refractivity contribution is -0.164. The zero-order valence-electron chi connectivity index (χ0n) is 14.4. The number of piperidine rings is 1. The highest BCUT2D eigenvalue weighted by atomic mass is 19.1. The van der Waals surface area contributed by atoms with Gasteiger partial charge in [0.15, 0.2) is 6.61 Å². The van der Waals surface area contributed by atoms with Gasteiger partial charge in [-0.15, -0.1) is 0 Å². The molecule has 25 heavy (non-hydrogen) atoms. The van der Waals surface area contributed by atoms with E-state index in [0.717, 1.165) is 0 Å². The standard InChI is InChI=1S/C18H22FNO5/c1-12(2)25-16(21)11-24-18(23)14-4-3-9-20(10-14)17(22)13-5-7-15(19)8-6-13/h5-8,12,14H,3-4,9-11H2,1-2H3. The molecule has 1 unspecified atom stereocenters. The number of hydrogen-bond acceptors (Lipinski definition) is 5. The summed E-state index contributed by atoms with van der Waals surface area (Å²) in [7, 11) is 0. The smallest absolute Gasteiger partial charge is 0.344 e. The van der Waals surface area contributed by atoms with Crippen LogP contribution in [0.2, 0.25) is 0 Å². The van der Waals surface area contributed by atoms with Crippen LogP contribution in [0.5, 0.6) is 0 Å². The van der Waals surface area contributed by atoms with E-state index in [1.54, 1.807) is 18.7 Å². The van der Waals surface area contributed by atoms with E-state index in [1.807, 2.05) is 0 Å². The Balaban J connectivity index is 1.89. The van der Waals surface area contributed by atoms with Crippen LogP contribution in [-0.2, 0) is 19.1 Å². The molecule has 1 aromatic carbocycles. The summed E-state index contributed by atoms with van der Waals surface area (Å²) in [6, 6.07) is 5.29. The van der Waals surface area contributed by atoms with Gasteiger partial charge in [0, 0.05) is 18.7 Å². The van der Waals surface area contributed by atoms with Crippen LogP contribution in [0.15, 0.2) is 24.3 Å². The highest BCUT2D eigenvalue weighted by Gasteiger charge is 2.30. The number of likely N-dealkylation sites (tertiary alicyclic amines) is 1. The molecule has 1 fully saturated rings. The monoisotopic (exact) mass is 351 g/mol. The second-order valence-electron chi connectivity index (χ2n) is 6.24. The lowest BCUT2D eigenvalue weighted by atomic mass is 9.97. The first-order chi connectivity index (χ1) is 11.9. The van der Waals surface area contributed by atoms with Crippen molar-refractivity contribution < 1.29 is 28.2 Å². The Kier molecular flexibility index (Phi) is 6.50. The molecule has 0 aromatic heterocycles. The SMILES string of the molecule is CC(C)OC(=O)COC(=O)C1CCCN(C(=O)c2ccc(F)cc2)C1. The van der Waals surface area contributed by atoms with E-state index in [1.165, 1.54) is 24.3 Å². The fraction of sp³-hybridized carbons (Fsp3) is 0.500. The molecule has 1 aliphatic rings. The lowest BCUT2D eigenvalue weighted by Gasteiger charge is -2.31. The summed E-state index contributed by atoms with van der Waals surface area (Å²) >= 11 is 0. The highest BCUT2D eigenvalue weighted by molar-refractivity contribution is 5.94. The molecule has 0 saturated carbocycles. The summed E-state index contributed by atoms with van der Waals surface area (Å²) in [5.41, 5.74) is 0.371. The van der Waals surface area contributed by atoms with E-state index < -0.39 is 30.3 Å². The molecule has 1 heterocycles. The number of nitrogens with zero attached hydrogens (tertiary/aromatic N) is 1. The summed E-state index contributed by atoms with van der Waals surface area (Å²) in [5.74, 6) is -2.26. The number of carbonyl (C=O) groups is 3. The Morgan fingerprint density at radius 2 is 1.92 bits per heavy atom. The first kappa shape index (κ1) is 18.9. The molecule has 1 aliphatic heterocycles. The van der Waals surface area contributed by atoms with Gasteiger partial charge in [0.2, 0.25) is 0 Å². The van der Waals surface area contributed by atoms with Gasteiger partial charge in [-0.25, -0.2) is 9.18 Å². The van der Waals surface area contributed by atoms with Crippen LogP contribution in [-0.4, -0.2) is 48.5 Å². The van der Waals surface area contributed by atoms with Crippen LogP contribution < -0.4 is 0 Å². The van der Waals surface area contributed by atoms with E-state index in [9.17, 15) is 18.8 Å². The molecule has 0 N–H and O–H groups in total. The van der Waals surface area contributed by atoms with E-state index in [4.69, 9.17) is 9.47 Å². The maximum Gasteiger partial charge on any atom is 0.344 e. The van der Waals surface area contributed by atoms with Gasteiger partial charge < -0.3 is 14.4 Å². The molecule has 0 radical (unpaired) electrons. The number of halogens is 1. The quantitative estimate of drug-likeness (QED) is 0.760. The first-order valence-corrected chi connectivity index (χ1v) is 8.27. The molecule has 0 bridgehead atoms. The van der Waals surface area contributed by atoms with Gasteiger partial charge in [0.25, 0.3) is 5.91 Å². The second-order valence-corrected chi connectivity index (χ2v) is 6.24. The minimum absolute atomic E-state index is 0.217. The van der Waals surface area contributed by atoms with Crippen molar-refractivity contribution in [1.29, 1.82) is 0 Å². The van der Waals surface area contributed by atoms with Gasteiger partial charge in [-0.3, -0.25) is 9.59 Å². The van der Waals surface area contributed by atoms with Gasteiger partial charge in [-0.1, -0.05) is 0 Å². The van der Waals surface area contributed by atoms with Crippen molar-refractivity contribution >= 4 is 17.8 Å². The van der Waals surface area contributed by atoms with Crippen LogP contribution in [0.25, 0.3) is 0 Å². The zero-order chi connectivity index (χ0) is 18.4. The topological polar surface area (TPSA) is 72.9 Å². The van der Waals surface area contributed by atoms with Crippen molar-refractivity contribution in [3.8, 4) is 0 Å². The van der Waals surface area contributed by atoms with Crippen LogP contribution in [0.4, 0.5) is 4.39 Å². The number of hydrogen-bond donors (Lipinski definition) is 0. The van der Waals surface area contributed by atoms with Crippen LogP contribution in [0.3, 0.4) is 0 Å². The Hall–Kier alpha value is -2.44. The molecule has 0 aliphatic carbocycles. The highest BCUT2D eigenvalue weighted by Crippen LogP contribution is 2.20. The van der Waals surface area contributed by atoms with Crippen molar-refractivity contribution in [3.63, 3.8) is 0 Å². The summed E-state index contributed by atoms with van der Waals surface area (Å²) in [6.07, 6.45) is 0.971. The fourth-order valence-electron chi connectivity index (χ4n) is 2.67. The molecule has 7 heteroatoms. The molecule has 1 saturated heterocycles. The molecule has 6 nitrogen and oxygen atoms in total. The Labute approximate surface area is 145 Å². The molecular weight excluding hydrogens is 329 g/mol. The van der Waals surface area contributed by atoms with Gasteiger partial charge in [-0.2, -0.15) is 0 Å². The van der Waals surface area contributed by atoms with Crippen molar-refractivity contribution in [2.75, 3.05) is 19.7 Å². The molecule has 136 valence electrons. The summed E-state index contributed by atoms with van der Waals surface area (Å²) < 4.78 is 22.9. The van der Waals surface area contributed by atoms with Gasteiger partial charge >= 0.3 is 11.9 Å². The number of ether oxygens (including phenoxy) is 2. The average Bonchev–Trinajstić information content (AvgIpc) is 2.59. The van der Waals surface area contributed by atoms with Gasteiger partial charge in [0.05, 0.1) is 12.0 Å². The third kappa shape index (κ3) is 5.55. The normalized spacial score (nSPS) is 17.3. The van der Waals surface area contributed by atoms with Crippen LogP contribution in [0.1, 0.15) is 37.0 Å². The molecular formula is C18H22FNO5. The molecule has 0 spiro atoms. The molecule has 1 atom stereocenters. The summed E-state index contributed by atoms with van der Waals surface area (Å²) in [4.78, 5) is 37.5. The van der Waals surface area contributed by atoms with Crippen molar-refractivity contribution in [2.45, 2.75) is 32.8 Å². The number of amides is 1. The number of esters is 2. The minimum atomic E-state index is -0.599. The predicted octanol–water partition coefficient (Wildman–Crippen LogP) is 2.17. The lowest BCUT2D eigenvalue weighted by Crippen LogP contribution is -2.43. The largest absolute Gasteiger partial charge is 0.460 e. The molecule has 1 aromatic rings. The van der Waals surface area contributed by atoms with E-state index in [2.05, 4.69) is 0 Å². The van der Waals surface area contributed by atoms with E-state index >= 15 is 0 Å². The number of benzene rings is 1. The van der Waals surface area contributed by atoms with Crippen LogP contribution in [0, 0.1) is 11.7 Å². The maximum absolute atomic E-state index is 13.0.